The minimum absolute atomic E-state index is 0.320. The summed E-state index contributed by atoms with van der Waals surface area (Å²) < 4.78 is 5.67. The van der Waals surface area contributed by atoms with Gasteiger partial charge in [0.05, 0.1) is 0 Å². The van der Waals surface area contributed by atoms with Crippen molar-refractivity contribution in [1.29, 1.82) is 0 Å². The van der Waals surface area contributed by atoms with Crippen LogP contribution in [0.1, 0.15) is 29.7 Å². The van der Waals surface area contributed by atoms with Crippen molar-refractivity contribution in [3.05, 3.63) is 65.2 Å². The Hall–Kier alpha value is -1.84. The second-order valence-corrected chi connectivity index (χ2v) is 5.88. The van der Waals surface area contributed by atoms with Gasteiger partial charge in [-0.2, -0.15) is 0 Å². The van der Waals surface area contributed by atoms with E-state index in [0.29, 0.717) is 19.2 Å². The fourth-order valence-electron chi connectivity index (χ4n) is 2.32. The van der Waals surface area contributed by atoms with E-state index in [1.165, 1.54) is 16.7 Å². The molecule has 0 unspecified atom stereocenters. The average Bonchev–Trinajstić information content (AvgIpc) is 2.54. The van der Waals surface area contributed by atoms with Crippen molar-refractivity contribution < 1.29 is 15.2 Å². The third-order valence-electron chi connectivity index (χ3n) is 4.01. The van der Waals surface area contributed by atoms with E-state index in [2.05, 4.69) is 38.2 Å². The van der Waals surface area contributed by atoms with Crippen molar-refractivity contribution in [2.75, 3.05) is 13.2 Å². The molecule has 3 heteroatoms. The van der Waals surface area contributed by atoms with Crippen LogP contribution in [0.15, 0.2) is 48.5 Å². The number of aliphatic hydroxyl groups is 1. The Bertz CT molecular complexity index is 583. The van der Waals surface area contributed by atoms with Crippen LogP contribution >= 0.6 is 0 Å². The van der Waals surface area contributed by atoms with Gasteiger partial charge in [-0.25, -0.2) is 0 Å². The first-order valence-electron chi connectivity index (χ1n) is 7.82. The van der Waals surface area contributed by atoms with Gasteiger partial charge in [-0.05, 0) is 44.0 Å². The second kappa shape index (κ2) is 7.97. The van der Waals surface area contributed by atoms with E-state index in [0.717, 1.165) is 5.75 Å². The molecule has 0 saturated carbocycles. The molecular weight excluding hydrogens is 274 g/mol. The number of hydrogen-bond donors (Lipinski definition) is 2. The molecule has 0 saturated heterocycles. The molecule has 0 fully saturated rings. The summed E-state index contributed by atoms with van der Waals surface area (Å²) in [4.78, 5) is 0. The predicted molar refractivity (Wildman–Crippen MR) is 89.1 cm³/mol. The van der Waals surface area contributed by atoms with E-state index >= 15 is 0 Å². The van der Waals surface area contributed by atoms with Gasteiger partial charge in [0.1, 0.15) is 31.0 Å². The number of nitrogens with two attached hydrogens (primary N) is 1. The molecule has 2 aromatic rings. The molecule has 2 atom stereocenters. The normalized spacial score (nSPS) is 13.6. The van der Waals surface area contributed by atoms with Crippen LogP contribution in [0.3, 0.4) is 0 Å². The van der Waals surface area contributed by atoms with Gasteiger partial charge < -0.3 is 15.2 Å². The Morgan fingerprint density at radius 2 is 1.77 bits per heavy atom. The summed E-state index contributed by atoms with van der Waals surface area (Å²) in [5.74, 6) is 0.818. The molecule has 3 N–H and O–H groups in total. The van der Waals surface area contributed by atoms with Crippen molar-refractivity contribution >= 4 is 0 Å². The molecule has 2 rings (SSSR count). The van der Waals surface area contributed by atoms with Crippen LogP contribution in [-0.4, -0.2) is 24.4 Å². The van der Waals surface area contributed by atoms with E-state index in [1.807, 2.05) is 36.4 Å². The Morgan fingerprint density at radius 3 is 2.45 bits per heavy atom. The maximum atomic E-state index is 10.1. The molecule has 3 nitrogen and oxygen atoms in total. The number of benzene rings is 2. The lowest BCUT2D eigenvalue weighted by Gasteiger charge is -2.15. The summed E-state index contributed by atoms with van der Waals surface area (Å²) in [5.41, 5.74) is 3.72. The highest BCUT2D eigenvalue weighted by molar-refractivity contribution is 5.33. The molecule has 22 heavy (non-hydrogen) atoms. The van der Waals surface area contributed by atoms with E-state index in [9.17, 15) is 5.11 Å². The van der Waals surface area contributed by atoms with Gasteiger partial charge in [-0.3, -0.25) is 0 Å². The van der Waals surface area contributed by atoms with Crippen molar-refractivity contribution in [2.45, 2.75) is 32.9 Å². The van der Waals surface area contributed by atoms with Crippen molar-refractivity contribution in [1.82, 2.24) is 0 Å². The zero-order chi connectivity index (χ0) is 15.9. The highest BCUT2D eigenvalue weighted by Crippen LogP contribution is 2.16. The zero-order valence-corrected chi connectivity index (χ0v) is 13.6. The van der Waals surface area contributed by atoms with Gasteiger partial charge >= 0.3 is 0 Å². The molecule has 0 aliphatic rings. The fourth-order valence-corrected chi connectivity index (χ4v) is 2.32. The topological polar surface area (TPSA) is 46.1 Å². The Kier molecular flexibility index (Phi) is 5.99. The van der Waals surface area contributed by atoms with Crippen molar-refractivity contribution in [3.63, 3.8) is 0 Å². The lowest BCUT2D eigenvalue weighted by atomic mass is 10.1. The summed E-state index contributed by atoms with van der Waals surface area (Å²) in [5, 5.41) is 12.2. The van der Waals surface area contributed by atoms with Crippen LogP contribution in [0, 0.1) is 13.8 Å². The molecule has 0 radical (unpaired) electrons. The molecule has 0 bridgehead atoms. The van der Waals surface area contributed by atoms with Crippen LogP contribution in [0.5, 0.6) is 5.75 Å². The summed E-state index contributed by atoms with van der Waals surface area (Å²) in [6.07, 6.45) is -0.479. The molecule has 0 heterocycles. The minimum atomic E-state index is -0.479. The third kappa shape index (κ3) is 4.86. The minimum Gasteiger partial charge on any atom is -0.491 e. The smallest absolute Gasteiger partial charge is 0.137 e. The Labute approximate surface area is 133 Å². The molecular formula is C19H26NO2+. The highest BCUT2D eigenvalue weighted by Gasteiger charge is 2.12. The highest BCUT2D eigenvalue weighted by atomic mass is 16.5. The molecule has 2 aromatic carbocycles. The summed E-state index contributed by atoms with van der Waals surface area (Å²) >= 11 is 0. The molecule has 0 amide bonds. The zero-order valence-electron chi connectivity index (χ0n) is 13.6. The number of aliphatic hydroxyl groups excluding tert-OH is 1. The van der Waals surface area contributed by atoms with Gasteiger partial charge in [0.2, 0.25) is 0 Å². The summed E-state index contributed by atoms with van der Waals surface area (Å²) in [6, 6.07) is 16.7. The van der Waals surface area contributed by atoms with Gasteiger partial charge in [0.15, 0.2) is 0 Å². The standard InChI is InChI=1S/C19H25NO2/c1-14-9-10-19(11-15(14)2)22-13-18(21)12-20-16(3)17-7-5-4-6-8-17/h4-11,16,18,20-21H,12-13H2,1-3H3/p+1/t16-,18+/m0/s1. The van der Waals surface area contributed by atoms with Crippen LogP contribution < -0.4 is 10.1 Å². The SMILES string of the molecule is Cc1ccc(OC[C@H](O)C[NH2+][C@@H](C)c2ccccc2)cc1C. The molecule has 118 valence electrons. The number of aryl methyl sites for hydroxylation is 2. The fraction of sp³-hybridized carbons (Fsp3) is 0.368. The van der Waals surface area contributed by atoms with Crippen molar-refractivity contribution in [2.24, 2.45) is 0 Å². The van der Waals surface area contributed by atoms with E-state index < -0.39 is 6.10 Å². The van der Waals surface area contributed by atoms with Crippen LogP contribution in [0.2, 0.25) is 0 Å². The second-order valence-electron chi connectivity index (χ2n) is 5.88. The summed E-state index contributed by atoms with van der Waals surface area (Å²) in [6.45, 7) is 7.23. The average molecular weight is 300 g/mol. The van der Waals surface area contributed by atoms with Crippen LogP contribution in [0.25, 0.3) is 0 Å². The van der Waals surface area contributed by atoms with E-state index in [4.69, 9.17) is 4.74 Å². The van der Waals surface area contributed by atoms with Crippen LogP contribution in [0.4, 0.5) is 0 Å². The van der Waals surface area contributed by atoms with Gasteiger partial charge in [-0.15, -0.1) is 0 Å². The molecule has 0 aliphatic heterocycles. The molecule has 0 aliphatic carbocycles. The van der Waals surface area contributed by atoms with Gasteiger partial charge in [0, 0.05) is 5.56 Å². The monoisotopic (exact) mass is 300 g/mol. The number of ether oxygens (including phenoxy) is 1. The lowest BCUT2D eigenvalue weighted by Crippen LogP contribution is -2.87. The van der Waals surface area contributed by atoms with E-state index in [-0.39, 0.29) is 0 Å². The number of rotatable bonds is 7. The largest absolute Gasteiger partial charge is 0.491 e. The van der Waals surface area contributed by atoms with Crippen LogP contribution in [-0.2, 0) is 0 Å². The van der Waals surface area contributed by atoms with Crippen molar-refractivity contribution in [3.8, 4) is 5.75 Å². The first kappa shape index (κ1) is 16.5. The maximum absolute atomic E-state index is 10.1. The first-order chi connectivity index (χ1) is 10.6. The lowest BCUT2D eigenvalue weighted by molar-refractivity contribution is -0.698. The quantitative estimate of drug-likeness (QED) is 0.824. The van der Waals surface area contributed by atoms with Gasteiger partial charge in [-0.1, -0.05) is 36.4 Å². The Balaban J connectivity index is 1.76. The Morgan fingerprint density at radius 1 is 1.05 bits per heavy atom. The van der Waals surface area contributed by atoms with Gasteiger partial charge in [0.25, 0.3) is 0 Å². The number of quaternary nitrogens is 1. The predicted octanol–water partition coefficient (Wildman–Crippen LogP) is 2.37. The molecule has 0 spiro atoms. The number of hydrogen-bond acceptors (Lipinski definition) is 2. The molecule has 0 aromatic heterocycles. The first-order valence-corrected chi connectivity index (χ1v) is 7.82. The third-order valence-corrected chi connectivity index (χ3v) is 4.01. The summed E-state index contributed by atoms with van der Waals surface area (Å²) in [7, 11) is 0. The maximum Gasteiger partial charge on any atom is 0.137 e. The van der Waals surface area contributed by atoms with E-state index in [1.54, 1.807) is 0 Å².